The van der Waals surface area contributed by atoms with E-state index in [1.165, 1.54) is 7.05 Å². The molecule has 6 nitrogen and oxygen atoms in total. The van der Waals surface area contributed by atoms with Crippen LogP contribution in [-0.2, 0) is 14.8 Å². The van der Waals surface area contributed by atoms with Gasteiger partial charge in [-0.15, -0.1) is 0 Å². The Labute approximate surface area is 131 Å². The number of nitriles is 1. The number of methoxy groups -OCH3 is 1. The second kappa shape index (κ2) is 5.88. The Hall–Kier alpha value is -1.62. The molecule has 120 valence electrons. The molecule has 1 aliphatic rings. The van der Waals surface area contributed by atoms with E-state index in [4.69, 9.17) is 9.47 Å². The van der Waals surface area contributed by atoms with Gasteiger partial charge in [-0.05, 0) is 37.1 Å². The van der Waals surface area contributed by atoms with Crippen molar-refractivity contribution in [1.29, 1.82) is 5.26 Å². The molecule has 0 aliphatic carbocycles. The zero-order chi connectivity index (χ0) is 16.5. The lowest BCUT2D eigenvalue weighted by Crippen LogP contribution is -2.49. The Morgan fingerprint density at radius 1 is 1.36 bits per heavy atom. The van der Waals surface area contributed by atoms with Gasteiger partial charge in [0.05, 0.1) is 24.7 Å². The zero-order valence-electron chi connectivity index (χ0n) is 13.2. The summed E-state index contributed by atoms with van der Waals surface area (Å²) >= 11 is 0. The highest BCUT2D eigenvalue weighted by atomic mass is 32.2. The van der Waals surface area contributed by atoms with E-state index < -0.39 is 15.6 Å². The Balaban J connectivity index is 2.51. The van der Waals surface area contributed by atoms with E-state index in [9.17, 15) is 13.7 Å². The van der Waals surface area contributed by atoms with Gasteiger partial charge in [-0.1, -0.05) is 0 Å². The third kappa shape index (κ3) is 2.58. The van der Waals surface area contributed by atoms with Crippen molar-refractivity contribution in [2.45, 2.75) is 30.7 Å². The Morgan fingerprint density at radius 2 is 2.05 bits per heavy atom. The zero-order valence-corrected chi connectivity index (χ0v) is 14.0. The van der Waals surface area contributed by atoms with Crippen LogP contribution in [0, 0.1) is 25.2 Å². The highest BCUT2D eigenvalue weighted by Gasteiger charge is 2.45. The summed E-state index contributed by atoms with van der Waals surface area (Å²) in [5.74, 6) is 0.637. The molecule has 1 aromatic rings. The summed E-state index contributed by atoms with van der Waals surface area (Å²) < 4.78 is 37.5. The largest absolute Gasteiger partial charge is 0.496 e. The molecule has 1 fully saturated rings. The molecular weight excluding hydrogens is 304 g/mol. The van der Waals surface area contributed by atoms with E-state index in [0.29, 0.717) is 24.3 Å². The number of sulfonamides is 1. The first kappa shape index (κ1) is 16.7. The predicted octanol–water partition coefficient (Wildman–Crippen LogP) is 1.62. The average molecular weight is 324 g/mol. The second-order valence-corrected chi connectivity index (χ2v) is 7.44. The van der Waals surface area contributed by atoms with Crippen molar-refractivity contribution in [1.82, 2.24) is 4.31 Å². The lowest BCUT2D eigenvalue weighted by Gasteiger charge is -2.30. The molecule has 0 bridgehead atoms. The molecule has 22 heavy (non-hydrogen) atoms. The van der Waals surface area contributed by atoms with Gasteiger partial charge in [-0.25, -0.2) is 8.42 Å². The third-order valence-electron chi connectivity index (χ3n) is 4.14. The maximum atomic E-state index is 12.9. The number of aryl methyl sites for hydroxylation is 2. The molecule has 1 unspecified atom stereocenters. The van der Waals surface area contributed by atoms with Crippen LogP contribution in [0.15, 0.2) is 17.0 Å². The molecule has 0 spiro atoms. The van der Waals surface area contributed by atoms with Crippen LogP contribution in [-0.4, -0.2) is 45.6 Å². The van der Waals surface area contributed by atoms with Gasteiger partial charge in [0.15, 0.2) is 0 Å². The highest BCUT2D eigenvalue weighted by molar-refractivity contribution is 7.89. The van der Waals surface area contributed by atoms with E-state index in [1.807, 2.05) is 0 Å². The molecule has 0 radical (unpaired) electrons. The molecule has 1 atom stereocenters. The number of likely N-dealkylation sites (N-methyl/N-ethyl adjacent to an activating group) is 1. The molecule has 0 amide bonds. The van der Waals surface area contributed by atoms with Crippen molar-refractivity contribution >= 4 is 10.0 Å². The van der Waals surface area contributed by atoms with Crippen molar-refractivity contribution in [3.8, 4) is 11.8 Å². The van der Waals surface area contributed by atoms with Gasteiger partial charge in [0, 0.05) is 20.1 Å². The van der Waals surface area contributed by atoms with E-state index in [0.717, 1.165) is 9.87 Å². The summed E-state index contributed by atoms with van der Waals surface area (Å²) in [6, 6.07) is 5.39. The molecule has 0 saturated carbocycles. The summed E-state index contributed by atoms with van der Waals surface area (Å²) in [6.45, 7) is 3.98. The van der Waals surface area contributed by atoms with Crippen molar-refractivity contribution in [2.75, 3.05) is 27.4 Å². The summed E-state index contributed by atoms with van der Waals surface area (Å²) in [6.07, 6.45) is 0.368. The lowest BCUT2D eigenvalue weighted by molar-refractivity contribution is 0.162. The van der Waals surface area contributed by atoms with Crippen molar-refractivity contribution in [3.63, 3.8) is 0 Å². The monoisotopic (exact) mass is 324 g/mol. The van der Waals surface area contributed by atoms with Crippen molar-refractivity contribution in [2.24, 2.45) is 0 Å². The number of benzene rings is 1. The molecule has 1 aliphatic heterocycles. The maximum Gasteiger partial charge on any atom is 0.244 e. The van der Waals surface area contributed by atoms with Gasteiger partial charge in [0.25, 0.3) is 0 Å². The maximum absolute atomic E-state index is 12.9. The van der Waals surface area contributed by atoms with Crippen molar-refractivity contribution < 1.29 is 17.9 Å². The van der Waals surface area contributed by atoms with Gasteiger partial charge in [0.2, 0.25) is 10.0 Å². The minimum atomic E-state index is -3.80. The molecule has 1 saturated heterocycles. The van der Waals surface area contributed by atoms with Crippen LogP contribution >= 0.6 is 0 Å². The molecule has 2 rings (SSSR count). The van der Waals surface area contributed by atoms with Crippen LogP contribution in [0.3, 0.4) is 0 Å². The van der Waals surface area contributed by atoms with Gasteiger partial charge >= 0.3 is 0 Å². The second-order valence-electron chi connectivity index (χ2n) is 5.51. The first-order chi connectivity index (χ1) is 10.3. The smallest absolute Gasteiger partial charge is 0.244 e. The summed E-state index contributed by atoms with van der Waals surface area (Å²) in [5, 5.41) is 9.45. The van der Waals surface area contributed by atoms with E-state index in [-0.39, 0.29) is 11.5 Å². The van der Waals surface area contributed by atoms with Crippen LogP contribution in [0.5, 0.6) is 5.75 Å². The lowest BCUT2D eigenvalue weighted by atomic mass is 10.0. The Kier molecular flexibility index (Phi) is 4.47. The topological polar surface area (TPSA) is 79.6 Å². The molecule has 0 aromatic heterocycles. The summed E-state index contributed by atoms with van der Waals surface area (Å²) in [7, 11) is -0.815. The van der Waals surface area contributed by atoms with E-state index >= 15 is 0 Å². The van der Waals surface area contributed by atoms with Gasteiger partial charge in [-0.2, -0.15) is 9.57 Å². The van der Waals surface area contributed by atoms with Crippen LogP contribution in [0.25, 0.3) is 0 Å². The molecule has 7 heteroatoms. The summed E-state index contributed by atoms with van der Waals surface area (Å²) in [4.78, 5) is 0.190. The van der Waals surface area contributed by atoms with Gasteiger partial charge < -0.3 is 9.47 Å². The van der Waals surface area contributed by atoms with Crippen LogP contribution in [0.1, 0.15) is 17.5 Å². The fourth-order valence-electron chi connectivity index (χ4n) is 2.60. The van der Waals surface area contributed by atoms with Crippen LogP contribution in [0.4, 0.5) is 0 Å². The molecule has 0 N–H and O–H groups in total. The first-order valence-corrected chi connectivity index (χ1v) is 8.36. The third-order valence-corrected chi connectivity index (χ3v) is 6.21. The normalized spacial score (nSPS) is 21.8. The highest BCUT2D eigenvalue weighted by Crippen LogP contribution is 2.33. The number of hydrogen-bond acceptors (Lipinski definition) is 5. The number of hydrogen-bond donors (Lipinski definition) is 0. The number of ether oxygens (including phenoxy) is 2. The molecule has 1 aromatic carbocycles. The fourth-order valence-corrected chi connectivity index (χ4v) is 4.33. The summed E-state index contributed by atoms with van der Waals surface area (Å²) in [5.41, 5.74) is 0.175. The predicted molar refractivity (Wildman–Crippen MR) is 81.2 cm³/mol. The molecule has 1 heterocycles. The van der Waals surface area contributed by atoms with E-state index in [2.05, 4.69) is 6.07 Å². The standard InChI is InChI=1S/C15H20N2O4S/c1-11-8-14(12(2)7-13(11)20-4)22(18,19)17(3)15(9-16)5-6-21-10-15/h7-8H,5-6,10H2,1-4H3. The fraction of sp³-hybridized carbons (Fsp3) is 0.533. The number of nitrogens with zero attached hydrogens (tertiary/aromatic N) is 2. The number of rotatable bonds is 4. The quantitative estimate of drug-likeness (QED) is 0.841. The van der Waals surface area contributed by atoms with Crippen molar-refractivity contribution in [3.05, 3.63) is 23.3 Å². The van der Waals surface area contributed by atoms with Gasteiger partial charge in [-0.3, -0.25) is 0 Å². The average Bonchev–Trinajstić information content (AvgIpc) is 2.98. The van der Waals surface area contributed by atoms with Crippen LogP contribution in [0.2, 0.25) is 0 Å². The van der Waals surface area contributed by atoms with Gasteiger partial charge in [0.1, 0.15) is 11.3 Å². The van der Waals surface area contributed by atoms with E-state index in [1.54, 1.807) is 33.1 Å². The Morgan fingerprint density at radius 3 is 2.55 bits per heavy atom. The molecular formula is C15H20N2O4S. The minimum absolute atomic E-state index is 0.0907. The first-order valence-electron chi connectivity index (χ1n) is 6.92. The minimum Gasteiger partial charge on any atom is -0.496 e. The Bertz CT molecular complexity index is 716. The SMILES string of the molecule is COc1cc(C)c(S(=O)(=O)N(C)C2(C#N)CCOC2)cc1C. The van der Waals surface area contributed by atoms with Crippen LogP contribution < -0.4 is 4.74 Å².